The molecule has 236 valence electrons. The lowest BCUT2D eigenvalue weighted by atomic mass is 9.83. The monoisotopic (exact) mass is 592 g/mol. The van der Waals surface area contributed by atoms with Gasteiger partial charge in [0.25, 0.3) is 0 Å². The summed E-state index contributed by atoms with van der Waals surface area (Å²) < 4.78 is 0. The van der Waals surface area contributed by atoms with Crippen molar-refractivity contribution in [2.24, 2.45) is 17.8 Å². The molecule has 0 spiro atoms. The Bertz CT molecular complexity index is 1090. The van der Waals surface area contributed by atoms with Crippen LogP contribution in [0.1, 0.15) is 70.3 Å². The highest BCUT2D eigenvalue weighted by molar-refractivity contribution is 5.91. The summed E-state index contributed by atoms with van der Waals surface area (Å²) in [5.74, 6) is 3.27. The predicted molar refractivity (Wildman–Crippen MR) is 172 cm³/mol. The summed E-state index contributed by atoms with van der Waals surface area (Å²) in [7, 11) is 5.61. The fourth-order valence-corrected chi connectivity index (χ4v) is 5.58. The van der Waals surface area contributed by atoms with Crippen LogP contribution in [0.4, 0.5) is 0 Å². The number of nitrogens with one attached hydrogen (secondary N) is 2. The van der Waals surface area contributed by atoms with Crippen molar-refractivity contribution in [3.05, 3.63) is 35.9 Å². The Morgan fingerprint density at radius 1 is 1.00 bits per heavy atom. The average Bonchev–Trinajstić information content (AvgIpc) is 3.00. The number of nitrogens with zero attached hydrogens (tertiary/aromatic N) is 2. The molecule has 0 aliphatic heterocycles. The SMILES string of the molecule is C#CCC[C@H](O)C(CC1CCCCC1)NC(=O)[C@@H](NC(=O)[C@@H](CC(=O)N(C)CCN(C)C)Cc1ccccc1)C(C)C#C. The number of carbonyl (C=O) groups excluding carboxylic acids is 3. The summed E-state index contributed by atoms with van der Waals surface area (Å²) in [6.07, 6.45) is 17.8. The molecule has 0 radical (unpaired) electrons. The van der Waals surface area contributed by atoms with Crippen molar-refractivity contribution in [3.8, 4) is 24.7 Å². The highest BCUT2D eigenvalue weighted by Crippen LogP contribution is 2.28. The van der Waals surface area contributed by atoms with Crippen molar-refractivity contribution in [1.29, 1.82) is 0 Å². The number of carbonyl (C=O) groups is 3. The lowest BCUT2D eigenvalue weighted by molar-refractivity contribution is -0.137. The molecule has 1 fully saturated rings. The first-order valence-electron chi connectivity index (χ1n) is 15.7. The average molecular weight is 593 g/mol. The van der Waals surface area contributed by atoms with Crippen molar-refractivity contribution >= 4 is 17.7 Å². The van der Waals surface area contributed by atoms with Gasteiger partial charge in [0.05, 0.1) is 18.1 Å². The Morgan fingerprint density at radius 2 is 1.67 bits per heavy atom. The maximum Gasteiger partial charge on any atom is 0.244 e. The number of likely N-dealkylation sites (N-methyl/N-ethyl adjacent to an activating group) is 2. The molecular weight excluding hydrogens is 540 g/mol. The molecule has 1 saturated carbocycles. The van der Waals surface area contributed by atoms with Crippen LogP contribution in [-0.4, -0.2) is 85.0 Å². The normalized spacial score (nSPS) is 17.0. The van der Waals surface area contributed by atoms with Crippen LogP contribution in [0, 0.1) is 42.4 Å². The molecule has 1 aromatic carbocycles. The minimum absolute atomic E-state index is 0.00145. The van der Waals surface area contributed by atoms with Gasteiger partial charge in [0.2, 0.25) is 17.7 Å². The molecule has 3 amide bonds. The smallest absolute Gasteiger partial charge is 0.244 e. The van der Waals surface area contributed by atoms with Crippen LogP contribution < -0.4 is 10.6 Å². The molecule has 8 heteroatoms. The fraction of sp³-hybridized carbons (Fsp3) is 0.629. The van der Waals surface area contributed by atoms with Crippen LogP contribution in [0.5, 0.6) is 0 Å². The standard InChI is InChI=1S/C35H52N4O4/c1-7-9-20-31(40)30(24-28-18-14-11-15-19-28)36-35(43)33(26(3)8-2)37-34(42)29(23-27-16-12-10-13-17-27)25-32(41)39(6)22-21-38(4)5/h1-2,10,12-13,16-17,26,28-31,33,40H,9,11,14-15,18-25H2,3-6H3,(H,36,43)(H,37,42)/t26?,29-,30?,31+,33+/m1/s1. The lowest BCUT2D eigenvalue weighted by Crippen LogP contribution is -2.56. The van der Waals surface area contributed by atoms with Crippen LogP contribution >= 0.6 is 0 Å². The Morgan fingerprint density at radius 3 is 2.28 bits per heavy atom. The zero-order valence-electron chi connectivity index (χ0n) is 26.6. The molecule has 8 nitrogen and oxygen atoms in total. The minimum Gasteiger partial charge on any atom is -0.391 e. The highest BCUT2D eigenvalue weighted by Gasteiger charge is 2.34. The van der Waals surface area contributed by atoms with E-state index in [-0.39, 0.29) is 12.3 Å². The third-order valence-electron chi connectivity index (χ3n) is 8.46. The summed E-state index contributed by atoms with van der Waals surface area (Å²) >= 11 is 0. The maximum absolute atomic E-state index is 13.8. The number of amides is 3. The minimum atomic E-state index is -1.02. The molecule has 0 bridgehead atoms. The maximum atomic E-state index is 13.8. The summed E-state index contributed by atoms with van der Waals surface area (Å²) in [6.45, 7) is 2.95. The highest BCUT2D eigenvalue weighted by atomic mass is 16.3. The molecule has 0 saturated heterocycles. The molecule has 43 heavy (non-hydrogen) atoms. The first-order valence-corrected chi connectivity index (χ1v) is 15.7. The van der Waals surface area contributed by atoms with Crippen LogP contribution in [0.3, 0.4) is 0 Å². The van der Waals surface area contributed by atoms with Crippen LogP contribution in [-0.2, 0) is 20.8 Å². The second-order valence-corrected chi connectivity index (χ2v) is 12.3. The van der Waals surface area contributed by atoms with E-state index in [1.807, 2.05) is 49.3 Å². The number of hydrogen-bond donors (Lipinski definition) is 3. The van der Waals surface area contributed by atoms with E-state index in [4.69, 9.17) is 12.8 Å². The Kier molecular flexibility index (Phi) is 15.9. The molecule has 2 rings (SSSR count). The molecule has 1 aliphatic carbocycles. The zero-order chi connectivity index (χ0) is 31.8. The number of benzene rings is 1. The number of terminal acetylenes is 2. The largest absolute Gasteiger partial charge is 0.391 e. The molecule has 1 aromatic rings. The fourth-order valence-electron chi connectivity index (χ4n) is 5.58. The van der Waals surface area contributed by atoms with Crippen LogP contribution in [0.2, 0.25) is 0 Å². The molecule has 5 atom stereocenters. The van der Waals surface area contributed by atoms with Gasteiger partial charge in [0, 0.05) is 38.9 Å². The summed E-state index contributed by atoms with van der Waals surface area (Å²) in [4.78, 5) is 44.3. The van der Waals surface area contributed by atoms with E-state index in [1.165, 1.54) is 6.42 Å². The van der Waals surface area contributed by atoms with Gasteiger partial charge >= 0.3 is 0 Å². The van der Waals surface area contributed by atoms with Crippen molar-refractivity contribution in [2.75, 3.05) is 34.2 Å². The van der Waals surface area contributed by atoms with E-state index in [2.05, 4.69) is 22.5 Å². The van der Waals surface area contributed by atoms with Crippen molar-refractivity contribution in [2.45, 2.75) is 89.3 Å². The molecule has 2 unspecified atom stereocenters. The van der Waals surface area contributed by atoms with Gasteiger partial charge in [-0.05, 0) is 51.8 Å². The third kappa shape index (κ3) is 12.8. The van der Waals surface area contributed by atoms with Gasteiger partial charge in [-0.25, -0.2) is 0 Å². The van der Waals surface area contributed by atoms with Crippen LogP contribution in [0.25, 0.3) is 0 Å². The van der Waals surface area contributed by atoms with Gasteiger partial charge in [-0.2, -0.15) is 0 Å². The second-order valence-electron chi connectivity index (χ2n) is 12.3. The van der Waals surface area contributed by atoms with E-state index >= 15 is 0 Å². The van der Waals surface area contributed by atoms with Gasteiger partial charge in [-0.1, -0.05) is 62.4 Å². The van der Waals surface area contributed by atoms with Gasteiger partial charge < -0.3 is 25.5 Å². The quantitative estimate of drug-likeness (QED) is 0.241. The number of rotatable bonds is 17. The van der Waals surface area contributed by atoms with E-state index in [1.54, 1.807) is 18.9 Å². The Hall–Kier alpha value is -3.33. The first kappa shape index (κ1) is 35.9. The summed E-state index contributed by atoms with van der Waals surface area (Å²) in [5, 5.41) is 16.9. The van der Waals surface area contributed by atoms with E-state index in [9.17, 15) is 19.5 Å². The van der Waals surface area contributed by atoms with Crippen LogP contribution in [0.15, 0.2) is 30.3 Å². The zero-order valence-corrected chi connectivity index (χ0v) is 26.6. The number of hydrogen-bond acceptors (Lipinski definition) is 5. The molecule has 0 heterocycles. The molecular formula is C35H52N4O4. The predicted octanol–water partition coefficient (Wildman–Crippen LogP) is 3.24. The second kappa shape index (κ2) is 19.1. The first-order chi connectivity index (χ1) is 20.5. The lowest BCUT2D eigenvalue weighted by Gasteiger charge is -2.32. The molecule has 1 aliphatic rings. The third-order valence-corrected chi connectivity index (χ3v) is 8.46. The molecule has 3 N–H and O–H groups in total. The number of aliphatic hydroxyl groups is 1. The topological polar surface area (TPSA) is 102 Å². The van der Waals surface area contributed by atoms with E-state index in [0.717, 1.165) is 31.2 Å². The Labute approximate surface area is 259 Å². The van der Waals surface area contributed by atoms with E-state index in [0.29, 0.717) is 44.7 Å². The van der Waals surface area contributed by atoms with Gasteiger partial charge in [0.15, 0.2) is 0 Å². The van der Waals surface area contributed by atoms with Crippen molar-refractivity contribution < 1.29 is 19.5 Å². The van der Waals surface area contributed by atoms with Crippen molar-refractivity contribution in [1.82, 2.24) is 20.4 Å². The van der Waals surface area contributed by atoms with E-state index < -0.39 is 41.8 Å². The number of aliphatic hydroxyl groups excluding tert-OH is 1. The summed E-state index contributed by atoms with van der Waals surface area (Å²) in [5.41, 5.74) is 0.918. The van der Waals surface area contributed by atoms with Crippen molar-refractivity contribution in [3.63, 3.8) is 0 Å². The van der Waals surface area contributed by atoms with Gasteiger partial charge in [-0.3, -0.25) is 14.4 Å². The van der Waals surface area contributed by atoms with Gasteiger partial charge in [-0.15, -0.1) is 24.7 Å². The summed E-state index contributed by atoms with van der Waals surface area (Å²) in [6, 6.07) is 8.00. The van der Waals surface area contributed by atoms with Gasteiger partial charge in [0.1, 0.15) is 6.04 Å². The molecule has 0 aromatic heterocycles. The Balaban J connectivity index is 2.23.